The number of rotatable bonds is 4. The summed E-state index contributed by atoms with van der Waals surface area (Å²) in [6, 6.07) is 9.55. The van der Waals surface area contributed by atoms with E-state index in [1.54, 1.807) is 4.90 Å². The zero-order chi connectivity index (χ0) is 23.1. The first-order valence-electron chi connectivity index (χ1n) is 11.2. The van der Waals surface area contributed by atoms with Gasteiger partial charge in [-0.2, -0.15) is 5.10 Å². The lowest BCUT2D eigenvalue weighted by Crippen LogP contribution is -2.39. The third-order valence-electron chi connectivity index (χ3n) is 6.37. The van der Waals surface area contributed by atoms with Crippen molar-refractivity contribution in [2.75, 3.05) is 19.6 Å². The van der Waals surface area contributed by atoms with Crippen LogP contribution >= 0.6 is 0 Å². The maximum atomic E-state index is 13.6. The number of benzene rings is 2. The number of carbonyl (C=O) groups is 3. The smallest absolute Gasteiger partial charge is 0.274 e. The Labute approximate surface area is 190 Å². The van der Waals surface area contributed by atoms with Crippen molar-refractivity contribution in [2.45, 2.75) is 32.4 Å². The van der Waals surface area contributed by atoms with Gasteiger partial charge in [-0.15, -0.1) is 0 Å². The van der Waals surface area contributed by atoms with Crippen LogP contribution in [0.15, 0.2) is 36.4 Å². The molecule has 0 spiro atoms. The van der Waals surface area contributed by atoms with Crippen LogP contribution in [0, 0.1) is 0 Å². The molecule has 2 aromatic carbocycles. The molecule has 0 aliphatic carbocycles. The van der Waals surface area contributed by atoms with Crippen LogP contribution in [-0.4, -0.2) is 62.5 Å². The molecule has 1 aromatic heterocycles. The summed E-state index contributed by atoms with van der Waals surface area (Å²) in [4.78, 5) is 42.6. The normalized spacial score (nSPS) is 17.4. The SMILES string of the molecule is CCNC(=O)C1c2ccccc2CN1C(=O)c1cc2c(C(=O)N3CCCC3)n[nH]c2cc1O. The standard InChI is InChI=1S/C24H25N5O4/c1-2-25-22(31)21-15-8-4-3-7-14(15)13-29(21)23(32)17-11-16-18(12-19(17)30)26-27-20(16)24(33)28-9-5-6-10-28/h3-4,7-8,11-12,21,30H,2,5-6,9-10,13H2,1H3,(H,25,31)(H,26,27). The van der Waals surface area contributed by atoms with Crippen molar-refractivity contribution < 1.29 is 19.5 Å². The molecule has 5 rings (SSSR count). The van der Waals surface area contributed by atoms with Gasteiger partial charge in [-0.05, 0) is 37.0 Å². The van der Waals surface area contributed by atoms with Crippen molar-refractivity contribution in [2.24, 2.45) is 0 Å². The Morgan fingerprint density at radius 3 is 2.67 bits per heavy atom. The molecule has 1 unspecified atom stereocenters. The lowest BCUT2D eigenvalue weighted by Gasteiger charge is -2.25. The summed E-state index contributed by atoms with van der Waals surface area (Å²) in [7, 11) is 0. The summed E-state index contributed by atoms with van der Waals surface area (Å²) in [5, 5.41) is 20.9. The van der Waals surface area contributed by atoms with Crippen LogP contribution < -0.4 is 5.32 Å². The predicted octanol–water partition coefficient (Wildman–Crippen LogP) is 2.34. The fraction of sp³-hybridized carbons (Fsp3) is 0.333. The fourth-order valence-corrected chi connectivity index (χ4v) is 4.74. The molecule has 3 amide bonds. The van der Waals surface area contributed by atoms with Gasteiger partial charge in [0.15, 0.2) is 5.69 Å². The summed E-state index contributed by atoms with van der Waals surface area (Å²) >= 11 is 0. The number of H-pyrrole nitrogens is 1. The maximum absolute atomic E-state index is 13.6. The molecule has 3 N–H and O–H groups in total. The number of aromatic amines is 1. The van der Waals surface area contributed by atoms with E-state index in [0.717, 1.165) is 24.0 Å². The highest BCUT2D eigenvalue weighted by molar-refractivity contribution is 6.09. The van der Waals surface area contributed by atoms with Crippen LogP contribution in [0.25, 0.3) is 10.9 Å². The predicted molar refractivity (Wildman–Crippen MR) is 121 cm³/mol. The molecule has 1 atom stereocenters. The number of nitrogens with zero attached hydrogens (tertiary/aromatic N) is 3. The van der Waals surface area contributed by atoms with Gasteiger partial charge in [0, 0.05) is 37.6 Å². The van der Waals surface area contributed by atoms with Gasteiger partial charge in [0.05, 0.1) is 11.1 Å². The van der Waals surface area contributed by atoms with Crippen molar-refractivity contribution >= 4 is 28.6 Å². The zero-order valence-electron chi connectivity index (χ0n) is 18.3. The van der Waals surface area contributed by atoms with E-state index in [0.29, 0.717) is 30.5 Å². The van der Waals surface area contributed by atoms with Gasteiger partial charge in [-0.25, -0.2) is 0 Å². The highest BCUT2D eigenvalue weighted by atomic mass is 16.3. The number of likely N-dealkylation sites (tertiary alicyclic amines) is 1. The molecule has 0 saturated carbocycles. The molecule has 0 radical (unpaired) electrons. The summed E-state index contributed by atoms with van der Waals surface area (Å²) in [6.07, 6.45) is 1.91. The van der Waals surface area contributed by atoms with E-state index in [2.05, 4.69) is 15.5 Å². The summed E-state index contributed by atoms with van der Waals surface area (Å²) in [5.74, 6) is -1.19. The molecule has 9 heteroatoms. The zero-order valence-corrected chi connectivity index (χ0v) is 18.3. The second kappa shape index (κ2) is 8.23. The third-order valence-corrected chi connectivity index (χ3v) is 6.37. The second-order valence-corrected chi connectivity index (χ2v) is 8.42. The molecule has 0 bridgehead atoms. The Morgan fingerprint density at radius 2 is 1.91 bits per heavy atom. The van der Waals surface area contributed by atoms with Crippen LogP contribution in [-0.2, 0) is 11.3 Å². The average Bonchev–Trinajstić information content (AvgIpc) is 3.55. The number of aromatic nitrogens is 2. The first-order chi connectivity index (χ1) is 16.0. The van der Waals surface area contributed by atoms with Crippen molar-refractivity contribution in [1.29, 1.82) is 0 Å². The highest BCUT2D eigenvalue weighted by Gasteiger charge is 2.39. The van der Waals surface area contributed by atoms with Crippen molar-refractivity contribution in [1.82, 2.24) is 25.3 Å². The molecule has 2 aliphatic rings. The van der Waals surface area contributed by atoms with Crippen LogP contribution in [0.1, 0.15) is 57.8 Å². The molecular formula is C24H25N5O4. The van der Waals surface area contributed by atoms with E-state index >= 15 is 0 Å². The van der Waals surface area contributed by atoms with Gasteiger partial charge < -0.3 is 20.2 Å². The fourth-order valence-electron chi connectivity index (χ4n) is 4.74. The maximum Gasteiger partial charge on any atom is 0.274 e. The van der Waals surface area contributed by atoms with Gasteiger partial charge in [0.2, 0.25) is 5.91 Å². The van der Waals surface area contributed by atoms with E-state index in [4.69, 9.17) is 0 Å². The Kier molecular flexibility index (Phi) is 5.24. The summed E-state index contributed by atoms with van der Waals surface area (Å²) in [6.45, 7) is 3.87. The minimum atomic E-state index is -0.793. The lowest BCUT2D eigenvalue weighted by molar-refractivity contribution is -0.125. The first kappa shape index (κ1) is 21.0. The number of hydrogen-bond acceptors (Lipinski definition) is 5. The number of carbonyl (C=O) groups excluding carboxylic acids is 3. The lowest BCUT2D eigenvalue weighted by atomic mass is 10.0. The van der Waals surface area contributed by atoms with E-state index in [-0.39, 0.29) is 35.4 Å². The topological polar surface area (TPSA) is 119 Å². The Balaban J connectivity index is 1.53. The number of nitrogens with one attached hydrogen (secondary N) is 2. The number of fused-ring (bicyclic) bond motifs is 2. The van der Waals surface area contributed by atoms with Crippen molar-refractivity contribution in [3.8, 4) is 5.75 Å². The summed E-state index contributed by atoms with van der Waals surface area (Å²) < 4.78 is 0. The minimum Gasteiger partial charge on any atom is -0.507 e. The number of amides is 3. The van der Waals surface area contributed by atoms with Crippen molar-refractivity contribution in [3.05, 3.63) is 58.8 Å². The molecular weight excluding hydrogens is 422 g/mol. The third kappa shape index (κ3) is 3.49. The van der Waals surface area contributed by atoms with E-state index in [1.807, 2.05) is 31.2 Å². The van der Waals surface area contributed by atoms with Crippen LogP contribution in [0.2, 0.25) is 0 Å². The van der Waals surface area contributed by atoms with Crippen LogP contribution in [0.5, 0.6) is 5.75 Å². The van der Waals surface area contributed by atoms with Crippen LogP contribution in [0.4, 0.5) is 0 Å². The van der Waals surface area contributed by atoms with Gasteiger partial charge in [0.25, 0.3) is 11.8 Å². The second-order valence-electron chi connectivity index (χ2n) is 8.42. The molecule has 170 valence electrons. The molecule has 9 nitrogen and oxygen atoms in total. The number of aromatic hydroxyl groups is 1. The molecule has 3 aromatic rings. The number of hydrogen-bond donors (Lipinski definition) is 3. The number of likely N-dealkylation sites (N-methyl/N-ethyl adjacent to an activating group) is 1. The highest BCUT2D eigenvalue weighted by Crippen LogP contribution is 2.37. The average molecular weight is 447 g/mol. The first-order valence-corrected chi connectivity index (χ1v) is 11.2. The Bertz CT molecular complexity index is 1260. The monoisotopic (exact) mass is 447 g/mol. The Morgan fingerprint density at radius 1 is 1.15 bits per heavy atom. The molecule has 33 heavy (non-hydrogen) atoms. The quantitative estimate of drug-likeness (QED) is 0.567. The van der Waals surface area contributed by atoms with Gasteiger partial charge >= 0.3 is 0 Å². The largest absolute Gasteiger partial charge is 0.507 e. The van der Waals surface area contributed by atoms with E-state index < -0.39 is 11.9 Å². The van der Waals surface area contributed by atoms with Crippen LogP contribution in [0.3, 0.4) is 0 Å². The Hall–Kier alpha value is -3.88. The number of phenols is 1. The minimum absolute atomic E-state index is 0.0291. The van der Waals surface area contributed by atoms with Gasteiger partial charge in [-0.1, -0.05) is 24.3 Å². The van der Waals surface area contributed by atoms with E-state index in [9.17, 15) is 19.5 Å². The molecule has 3 heterocycles. The van der Waals surface area contributed by atoms with Crippen molar-refractivity contribution in [3.63, 3.8) is 0 Å². The molecule has 1 fully saturated rings. The van der Waals surface area contributed by atoms with Gasteiger partial charge in [0.1, 0.15) is 11.8 Å². The molecule has 1 saturated heterocycles. The molecule has 2 aliphatic heterocycles. The summed E-state index contributed by atoms with van der Waals surface area (Å²) in [5.41, 5.74) is 2.38. The number of phenolic OH excluding ortho intramolecular Hbond substituents is 1. The van der Waals surface area contributed by atoms with Gasteiger partial charge in [-0.3, -0.25) is 19.5 Å². The van der Waals surface area contributed by atoms with E-state index in [1.165, 1.54) is 17.0 Å².